The molecular formula is C11H20N4. The summed E-state index contributed by atoms with van der Waals surface area (Å²) >= 11 is 0. The lowest BCUT2D eigenvalue weighted by Crippen LogP contribution is -2.34. The summed E-state index contributed by atoms with van der Waals surface area (Å²) in [7, 11) is 0. The summed E-state index contributed by atoms with van der Waals surface area (Å²) in [5.74, 6) is 0. The quantitative estimate of drug-likeness (QED) is 0.810. The minimum Gasteiger partial charge on any atom is -0.329 e. The van der Waals surface area contributed by atoms with Gasteiger partial charge in [0.25, 0.3) is 0 Å². The first-order valence-electron chi connectivity index (χ1n) is 5.62. The van der Waals surface area contributed by atoms with E-state index in [2.05, 4.69) is 35.5 Å². The molecule has 0 aromatic carbocycles. The van der Waals surface area contributed by atoms with Crippen molar-refractivity contribution in [2.24, 2.45) is 5.73 Å². The van der Waals surface area contributed by atoms with Gasteiger partial charge in [0.05, 0.1) is 11.9 Å². The molecule has 0 bridgehead atoms. The second-order valence-corrected chi connectivity index (χ2v) is 4.64. The van der Waals surface area contributed by atoms with Crippen LogP contribution in [0.4, 0.5) is 0 Å². The molecule has 0 spiro atoms. The Balaban J connectivity index is 2.17. The first kappa shape index (κ1) is 10.6. The van der Waals surface area contributed by atoms with Gasteiger partial charge in [0.2, 0.25) is 0 Å². The van der Waals surface area contributed by atoms with Crippen molar-refractivity contribution in [2.75, 3.05) is 6.54 Å². The van der Waals surface area contributed by atoms with Crippen LogP contribution in [0.1, 0.15) is 38.1 Å². The maximum Gasteiger partial charge on any atom is 0.0572 e. The van der Waals surface area contributed by atoms with Crippen molar-refractivity contribution in [3.63, 3.8) is 0 Å². The van der Waals surface area contributed by atoms with E-state index in [1.165, 1.54) is 11.3 Å². The number of rotatable bonds is 3. The number of nitrogens with two attached hydrogens (primary N) is 1. The second kappa shape index (κ2) is 3.94. The summed E-state index contributed by atoms with van der Waals surface area (Å²) < 4.78 is 2.12. The zero-order valence-electron chi connectivity index (χ0n) is 9.77. The van der Waals surface area contributed by atoms with Crippen molar-refractivity contribution in [1.82, 2.24) is 14.7 Å². The van der Waals surface area contributed by atoms with Crippen LogP contribution in [-0.2, 0) is 13.1 Å². The molecule has 1 aromatic heterocycles. The average molecular weight is 208 g/mol. The smallest absolute Gasteiger partial charge is 0.0572 e. The van der Waals surface area contributed by atoms with E-state index in [4.69, 9.17) is 5.73 Å². The van der Waals surface area contributed by atoms with Crippen molar-refractivity contribution in [2.45, 2.75) is 45.9 Å². The number of fused-ring (bicyclic) bond motifs is 1. The molecule has 2 rings (SSSR count). The van der Waals surface area contributed by atoms with E-state index >= 15 is 0 Å². The van der Waals surface area contributed by atoms with Gasteiger partial charge in [-0.25, -0.2) is 0 Å². The van der Waals surface area contributed by atoms with E-state index in [-0.39, 0.29) is 0 Å². The minimum absolute atomic E-state index is 0.446. The largest absolute Gasteiger partial charge is 0.329 e. The Bertz CT molecular complexity index is 342. The van der Waals surface area contributed by atoms with Crippen molar-refractivity contribution in [3.05, 3.63) is 17.5 Å². The molecule has 2 heterocycles. The molecule has 0 radical (unpaired) electrons. The standard InChI is InChI=1S/C11H20N4/c1-8(2)15-11-7-14(9(3)4-12)6-10(11)5-13-15/h5,8-9H,4,6-7,12H2,1-3H3. The highest BCUT2D eigenvalue weighted by Crippen LogP contribution is 2.25. The predicted molar refractivity (Wildman–Crippen MR) is 60.4 cm³/mol. The fraction of sp³-hybridized carbons (Fsp3) is 0.727. The van der Waals surface area contributed by atoms with Gasteiger partial charge in [-0.1, -0.05) is 0 Å². The van der Waals surface area contributed by atoms with Crippen LogP contribution >= 0.6 is 0 Å². The highest BCUT2D eigenvalue weighted by atomic mass is 15.3. The molecule has 1 aliphatic heterocycles. The molecule has 1 atom stereocenters. The molecule has 0 fully saturated rings. The van der Waals surface area contributed by atoms with E-state index in [0.717, 1.165) is 19.6 Å². The van der Waals surface area contributed by atoms with Gasteiger partial charge in [0.1, 0.15) is 0 Å². The lowest BCUT2D eigenvalue weighted by molar-refractivity contribution is 0.211. The predicted octanol–water partition coefficient (Wildman–Crippen LogP) is 1.13. The van der Waals surface area contributed by atoms with Gasteiger partial charge >= 0.3 is 0 Å². The van der Waals surface area contributed by atoms with Gasteiger partial charge in [-0.3, -0.25) is 9.58 Å². The monoisotopic (exact) mass is 208 g/mol. The fourth-order valence-electron chi connectivity index (χ4n) is 2.10. The first-order valence-corrected chi connectivity index (χ1v) is 5.62. The number of hydrogen-bond donors (Lipinski definition) is 1. The van der Waals surface area contributed by atoms with Gasteiger partial charge in [0, 0.05) is 37.3 Å². The maximum atomic E-state index is 5.69. The molecule has 1 unspecified atom stereocenters. The lowest BCUT2D eigenvalue weighted by Gasteiger charge is -2.22. The molecular weight excluding hydrogens is 188 g/mol. The third-order valence-corrected chi connectivity index (χ3v) is 3.17. The van der Waals surface area contributed by atoms with Gasteiger partial charge in [-0.2, -0.15) is 5.10 Å². The molecule has 1 aliphatic rings. The van der Waals surface area contributed by atoms with Crippen LogP contribution in [-0.4, -0.2) is 27.3 Å². The molecule has 2 N–H and O–H groups in total. The van der Waals surface area contributed by atoms with E-state index in [1.54, 1.807) is 0 Å². The van der Waals surface area contributed by atoms with E-state index in [9.17, 15) is 0 Å². The summed E-state index contributed by atoms with van der Waals surface area (Å²) in [5, 5.41) is 4.42. The molecule has 1 aromatic rings. The topological polar surface area (TPSA) is 47.1 Å². The third kappa shape index (κ3) is 1.79. The lowest BCUT2D eigenvalue weighted by atomic mass is 10.3. The van der Waals surface area contributed by atoms with E-state index in [0.29, 0.717) is 12.1 Å². The molecule has 0 saturated carbocycles. The molecule has 0 amide bonds. The van der Waals surface area contributed by atoms with Gasteiger partial charge < -0.3 is 5.73 Å². The zero-order valence-corrected chi connectivity index (χ0v) is 9.77. The van der Waals surface area contributed by atoms with Crippen molar-refractivity contribution < 1.29 is 0 Å². The molecule has 4 nitrogen and oxygen atoms in total. The Kier molecular flexibility index (Phi) is 2.80. The first-order chi connectivity index (χ1) is 7.13. The zero-order chi connectivity index (χ0) is 11.0. The van der Waals surface area contributed by atoms with Crippen LogP contribution in [0.3, 0.4) is 0 Å². The van der Waals surface area contributed by atoms with Crippen LogP contribution in [0.25, 0.3) is 0 Å². The van der Waals surface area contributed by atoms with Crippen LogP contribution in [0.15, 0.2) is 6.20 Å². The Morgan fingerprint density at radius 1 is 1.40 bits per heavy atom. The summed E-state index contributed by atoms with van der Waals surface area (Å²) in [5.41, 5.74) is 8.42. The molecule has 84 valence electrons. The minimum atomic E-state index is 0.446. The fourth-order valence-corrected chi connectivity index (χ4v) is 2.10. The van der Waals surface area contributed by atoms with Crippen LogP contribution in [0.5, 0.6) is 0 Å². The van der Waals surface area contributed by atoms with Crippen molar-refractivity contribution in [3.8, 4) is 0 Å². The number of hydrogen-bond acceptors (Lipinski definition) is 3. The summed E-state index contributed by atoms with van der Waals surface area (Å²) in [6, 6.07) is 0.903. The van der Waals surface area contributed by atoms with Crippen molar-refractivity contribution >= 4 is 0 Å². The van der Waals surface area contributed by atoms with Gasteiger partial charge in [0.15, 0.2) is 0 Å². The second-order valence-electron chi connectivity index (χ2n) is 4.64. The normalized spacial score (nSPS) is 18.5. The molecule has 15 heavy (non-hydrogen) atoms. The van der Waals surface area contributed by atoms with Gasteiger partial charge in [-0.15, -0.1) is 0 Å². The van der Waals surface area contributed by atoms with Crippen LogP contribution in [0.2, 0.25) is 0 Å². The summed E-state index contributed by atoms with van der Waals surface area (Å²) in [6.45, 7) is 9.23. The molecule has 4 heteroatoms. The van der Waals surface area contributed by atoms with Crippen LogP contribution in [0, 0.1) is 0 Å². The molecule has 0 aliphatic carbocycles. The molecule has 0 saturated heterocycles. The number of nitrogens with zero attached hydrogens (tertiary/aromatic N) is 3. The highest BCUT2D eigenvalue weighted by molar-refractivity contribution is 5.22. The van der Waals surface area contributed by atoms with Gasteiger partial charge in [-0.05, 0) is 20.8 Å². The Labute approximate surface area is 91.1 Å². The Morgan fingerprint density at radius 3 is 2.73 bits per heavy atom. The SMILES string of the molecule is CC(CN)N1Cc2cnn(C(C)C)c2C1. The number of aromatic nitrogens is 2. The van der Waals surface area contributed by atoms with E-state index < -0.39 is 0 Å². The highest BCUT2D eigenvalue weighted by Gasteiger charge is 2.26. The third-order valence-electron chi connectivity index (χ3n) is 3.17. The maximum absolute atomic E-state index is 5.69. The summed E-state index contributed by atoms with van der Waals surface area (Å²) in [4.78, 5) is 2.41. The van der Waals surface area contributed by atoms with E-state index in [1.807, 2.05) is 6.20 Å². The Morgan fingerprint density at radius 2 is 2.13 bits per heavy atom. The Hall–Kier alpha value is -0.870. The average Bonchev–Trinajstić information content (AvgIpc) is 2.73. The van der Waals surface area contributed by atoms with Crippen molar-refractivity contribution in [1.29, 1.82) is 0 Å². The van der Waals surface area contributed by atoms with Crippen LogP contribution < -0.4 is 5.73 Å². The summed E-state index contributed by atoms with van der Waals surface area (Å²) in [6.07, 6.45) is 2.00.